The minimum Gasteiger partial charge on any atom is -0.389 e. The maximum absolute atomic E-state index is 10.6. The summed E-state index contributed by atoms with van der Waals surface area (Å²) in [4.78, 5) is 2.27. The summed E-state index contributed by atoms with van der Waals surface area (Å²) < 4.78 is 5.29. The van der Waals surface area contributed by atoms with Gasteiger partial charge in [-0.15, -0.1) is 0 Å². The number of thiocarbonyl (C=S) groups is 1. The first-order chi connectivity index (χ1) is 9.41. The molecule has 1 aromatic rings. The lowest BCUT2D eigenvalue weighted by Gasteiger charge is -2.36. The second kappa shape index (κ2) is 6.26. The maximum Gasteiger partial charge on any atom is 0.106 e. The molecule has 6 heteroatoms. The fourth-order valence-electron chi connectivity index (χ4n) is 2.47. The minimum atomic E-state index is -0.736. The van der Waals surface area contributed by atoms with Gasteiger partial charge in [0, 0.05) is 55.9 Å². The molecule has 4 nitrogen and oxygen atoms in total. The number of nitrogens with two attached hydrogens (primary N) is 1. The Balaban J connectivity index is 2.20. The average molecular weight is 315 g/mol. The molecule has 0 saturated carbocycles. The lowest BCUT2D eigenvalue weighted by molar-refractivity contribution is -0.0572. The van der Waals surface area contributed by atoms with Crippen LogP contribution in [0.2, 0.25) is 5.02 Å². The van der Waals surface area contributed by atoms with E-state index in [2.05, 4.69) is 0 Å². The summed E-state index contributed by atoms with van der Waals surface area (Å²) >= 11 is 11.1. The van der Waals surface area contributed by atoms with Crippen LogP contribution in [0.15, 0.2) is 18.2 Å². The van der Waals surface area contributed by atoms with Gasteiger partial charge in [0.1, 0.15) is 4.99 Å². The summed E-state index contributed by atoms with van der Waals surface area (Å²) in [7, 11) is 1.92. The zero-order chi connectivity index (χ0) is 14.8. The standard InChI is InChI=1S/C14H19ClN2O2S/c1-17(9-14(18)4-6-19-7-5-14)12-3-2-10(15)8-11(12)13(16)20/h2-3,8,18H,4-7,9H2,1H3,(H2,16,20). The van der Waals surface area contributed by atoms with Crippen molar-refractivity contribution in [2.75, 3.05) is 31.7 Å². The molecule has 0 radical (unpaired) electrons. The van der Waals surface area contributed by atoms with Gasteiger partial charge in [0.2, 0.25) is 0 Å². The van der Waals surface area contributed by atoms with Gasteiger partial charge >= 0.3 is 0 Å². The highest BCUT2D eigenvalue weighted by molar-refractivity contribution is 7.80. The van der Waals surface area contributed by atoms with Crippen LogP contribution in [0.25, 0.3) is 0 Å². The van der Waals surface area contributed by atoms with Gasteiger partial charge in [-0.25, -0.2) is 0 Å². The smallest absolute Gasteiger partial charge is 0.106 e. The predicted octanol–water partition coefficient (Wildman–Crippen LogP) is 1.95. The third-order valence-electron chi connectivity index (χ3n) is 3.59. The van der Waals surface area contributed by atoms with E-state index in [1.54, 1.807) is 12.1 Å². The van der Waals surface area contributed by atoms with Crippen molar-refractivity contribution in [3.05, 3.63) is 28.8 Å². The molecule has 20 heavy (non-hydrogen) atoms. The van der Waals surface area contributed by atoms with Crippen LogP contribution in [-0.4, -0.2) is 42.5 Å². The van der Waals surface area contributed by atoms with Gasteiger partial charge < -0.3 is 20.5 Å². The van der Waals surface area contributed by atoms with Gasteiger partial charge in [-0.1, -0.05) is 23.8 Å². The number of aliphatic hydroxyl groups is 1. The summed E-state index contributed by atoms with van der Waals surface area (Å²) in [6, 6.07) is 5.42. The van der Waals surface area contributed by atoms with Crippen LogP contribution >= 0.6 is 23.8 Å². The third-order valence-corrected chi connectivity index (χ3v) is 4.05. The Morgan fingerprint density at radius 2 is 2.15 bits per heavy atom. The summed E-state index contributed by atoms with van der Waals surface area (Å²) in [5.41, 5.74) is 6.62. The number of anilines is 1. The van der Waals surface area contributed by atoms with Crippen molar-refractivity contribution in [3.63, 3.8) is 0 Å². The first-order valence-electron chi connectivity index (χ1n) is 6.52. The highest BCUT2D eigenvalue weighted by Gasteiger charge is 2.31. The molecule has 0 atom stereocenters. The van der Waals surface area contributed by atoms with Crippen LogP contribution in [0, 0.1) is 0 Å². The molecule has 110 valence electrons. The Bertz CT molecular complexity index is 504. The van der Waals surface area contributed by atoms with Crippen LogP contribution in [0.4, 0.5) is 5.69 Å². The monoisotopic (exact) mass is 314 g/mol. The Morgan fingerprint density at radius 1 is 1.50 bits per heavy atom. The van der Waals surface area contributed by atoms with Crippen molar-refractivity contribution in [1.82, 2.24) is 0 Å². The van der Waals surface area contributed by atoms with Gasteiger partial charge in [-0.2, -0.15) is 0 Å². The molecule has 1 aliphatic heterocycles. The molecule has 0 amide bonds. The Labute approximate surface area is 129 Å². The lowest BCUT2D eigenvalue weighted by atomic mass is 9.93. The number of halogens is 1. The largest absolute Gasteiger partial charge is 0.389 e. The zero-order valence-corrected chi connectivity index (χ0v) is 13.0. The number of hydrogen-bond donors (Lipinski definition) is 2. The molecule has 0 aliphatic carbocycles. The summed E-state index contributed by atoms with van der Waals surface area (Å²) in [5.74, 6) is 0. The molecule has 0 unspecified atom stereocenters. The van der Waals surface area contributed by atoms with E-state index in [0.29, 0.717) is 42.6 Å². The fraction of sp³-hybridized carbons (Fsp3) is 0.500. The van der Waals surface area contributed by atoms with Gasteiger partial charge in [0.25, 0.3) is 0 Å². The van der Waals surface area contributed by atoms with Crippen molar-refractivity contribution in [3.8, 4) is 0 Å². The van der Waals surface area contributed by atoms with Crippen LogP contribution in [0.5, 0.6) is 0 Å². The molecule has 0 aromatic heterocycles. The van der Waals surface area contributed by atoms with E-state index < -0.39 is 5.60 Å². The summed E-state index contributed by atoms with van der Waals surface area (Å²) in [5, 5.41) is 11.2. The van der Waals surface area contributed by atoms with Crippen LogP contribution in [-0.2, 0) is 4.74 Å². The van der Waals surface area contributed by atoms with Gasteiger partial charge in [0.15, 0.2) is 0 Å². The van der Waals surface area contributed by atoms with Gasteiger partial charge in [-0.05, 0) is 18.2 Å². The normalized spacial score (nSPS) is 17.8. The van der Waals surface area contributed by atoms with Crippen molar-refractivity contribution in [1.29, 1.82) is 0 Å². The van der Waals surface area contributed by atoms with Crippen LogP contribution < -0.4 is 10.6 Å². The lowest BCUT2D eigenvalue weighted by Crippen LogP contribution is -2.46. The van der Waals surface area contributed by atoms with E-state index in [4.69, 9.17) is 34.3 Å². The topological polar surface area (TPSA) is 58.7 Å². The maximum atomic E-state index is 10.6. The van der Waals surface area contributed by atoms with Crippen LogP contribution in [0.1, 0.15) is 18.4 Å². The molecule has 1 aromatic carbocycles. The Hall–Kier alpha value is -0.880. The summed E-state index contributed by atoms with van der Waals surface area (Å²) in [6.07, 6.45) is 1.26. The highest BCUT2D eigenvalue weighted by Crippen LogP contribution is 2.28. The molecule has 1 fully saturated rings. The average Bonchev–Trinajstić information content (AvgIpc) is 2.38. The van der Waals surface area contributed by atoms with E-state index in [1.807, 2.05) is 18.0 Å². The molecular weight excluding hydrogens is 296 g/mol. The molecular formula is C14H19ClN2O2S. The number of ether oxygens (including phenoxy) is 1. The van der Waals surface area contributed by atoms with E-state index in [0.717, 1.165) is 11.3 Å². The Morgan fingerprint density at radius 3 is 2.75 bits per heavy atom. The number of nitrogens with zero attached hydrogens (tertiary/aromatic N) is 1. The quantitative estimate of drug-likeness (QED) is 0.832. The van der Waals surface area contributed by atoms with E-state index in [1.165, 1.54) is 0 Å². The number of hydrogen-bond acceptors (Lipinski definition) is 4. The summed E-state index contributed by atoms with van der Waals surface area (Å²) in [6.45, 7) is 1.69. The van der Waals surface area contributed by atoms with Crippen LogP contribution in [0.3, 0.4) is 0 Å². The zero-order valence-electron chi connectivity index (χ0n) is 11.4. The van der Waals surface area contributed by atoms with E-state index in [-0.39, 0.29) is 0 Å². The first-order valence-corrected chi connectivity index (χ1v) is 7.30. The third kappa shape index (κ3) is 3.61. The second-order valence-electron chi connectivity index (χ2n) is 5.22. The highest BCUT2D eigenvalue weighted by atomic mass is 35.5. The van der Waals surface area contributed by atoms with Gasteiger partial charge in [0.05, 0.1) is 5.60 Å². The number of benzene rings is 1. The predicted molar refractivity (Wildman–Crippen MR) is 85.6 cm³/mol. The van der Waals surface area contributed by atoms with E-state index >= 15 is 0 Å². The second-order valence-corrected chi connectivity index (χ2v) is 6.09. The molecule has 1 heterocycles. The van der Waals surface area contributed by atoms with Crippen molar-refractivity contribution >= 4 is 34.5 Å². The SMILES string of the molecule is CN(CC1(O)CCOCC1)c1ccc(Cl)cc1C(N)=S. The molecule has 0 spiro atoms. The first kappa shape index (κ1) is 15.5. The molecule has 3 N–H and O–H groups in total. The van der Waals surface area contributed by atoms with Crippen molar-refractivity contribution in [2.24, 2.45) is 5.73 Å². The van der Waals surface area contributed by atoms with Gasteiger partial charge in [-0.3, -0.25) is 0 Å². The number of likely N-dealkylation sites (N-methyl/N-ethyl adjacent to an activating group) is 1. The molecule has 1 saturated heterocycles. The fourth-order valence-corrected chi connectivity index (χ4v) is 2.81. The minimum absolute atomic E-state index is 0.299. The number of rotatable bonds is 4. The Kier molecular flexibility index (Phi) is 4.86. The molecule has 2 rings (SSSR count). The van der Waals surface area contributed by atoms with Crippen molar-refractivity contribution < 1.29 is 9.84 Å². The van der Waals surface area contributed by atoms with Crippen molar-refractivity contribution in [2.45, 2.75) is 18.4 Å². The van der Waals surface area contributed by atoms with E-state index in [9.17, 15) is 5.11 Å². The molecule has 0 bridgehead atoms. The molecule has 1 aliphatic rings.